The number of likely N-dealkylation sites (tertiary alicyclic amines) is 1. The molecule has 1 fully saturated rings. The molecule has 2 N–H and O–H groups in total. The maximum absolute atomic E-state index is 13.3. The number of benzene rings is 2. The zero-order valence-electron chi connectivity index (χ0n) is 17.2. The van der Waals surface area contributed by atoms with Crippen LogP contribution in [0.25, 0.3) is 0 Å². The molecule has 2 aromatic rings. The van der Waals surface area contributed by atoms with E-state index in [0.717, 1.165) is 30.2 Å². The van der Waals surface area contributed by atoms with Crippen molar-refractivity contribution in [2.45, 2.75) is 44.8 Å². The van der Waals surface area contributed by atoms with Crippen molar-refractivity contribution in [2.75, 3.05) is 6.54 Å². The molecule has 1 heterocycles. The molecule has 31 heavy (non-hydrogen) atoms. The molecule has 0 aromatic heterocycles. The van der Waals surface area contributed by atoms with Gasteiger partial charge in [0.2, 0.25) is 17.7 Å². The number of rotatable bonds is 7. The van der Waals surface area contributed by atoms with Crippen LogP contribution in [0.15, 0.2) is 48.5 Å². The minimum absolute atomic E-state index is 0.155. The van der Waals surface area contributed by atoms with Crippen molar-refractivity contribution in [3.63, 3.8) is 0 Å². The molecule has 3 amide bonds. The van der Waals surface area contributed by atoms with Crippen molar-refractivity contribution in [3.05, 3.63) is 71.3 Å². The van der Waals surface area contributed by atoms with Crippen LogP contribution in [-0.4, -0.2) is 41.2 Å². The summed E-state index contributed by atoms with van der Waals surface area (Å²) in [6.07, 6.45) is 1.02. The number of carbonyl (C=O) groups is 3. The minimum Gasteiger partial charge on any atom is -0.344 e. The lowest BCUT2D eigenvalue weighted by atomic mass is 10.0. The molecule has 6 nitrogen and oxygen atoms in total. The lowest BCUT2D eigenvalue weighted by molar-refractivity contribution is -0.140. The predicted octanol–water partition coefficient (Wildman–Crippen LogP) is 2.32. The average Bonchev–Trinajstić information content (AvgIpc) is 2.70. The Kier molecular flexibility index (Phi) is 7.33. The Bertz CT molecular complexity index is 932. The Labute approximate surface area is 179 Å². The molecule has 2 aromatic carbocycles. The fourth-order valence-corrected chi connectivity index (χ4v) is 3.59. The van der Waals surface area contributed by atoms with Gasteiger partial charge >= 0.3 is 0 Å². The number of nitrogens with one attached hydrogen (secondary N) is 2. The van der Waals surface area contributed by atoms with Crippen LogP contribution in [0.5, 0.6) is 0 Å². The quantitative estimate of drug-likeness (QED) is 0.709. The van der Waals surface area contributed by atoms with E-state index in [1.807, 2.05) is 30.3 Å². The smallest absolute Gasteiger partial charge is 0.245 e. The van der Waals surface area contributed by atoms with Gasteiger partial charge in [0, 0.05) is 19.2 Å². The highest BCUT2D eigenvalue weighted by atomic mass is 19.1. The fourth-order valence-electron chi connectivity index (χ4n) is 3.59. The molecule has 164 valence electrons. The molecular formula is C23H25F2N3O3. The summed E-state index contributed by atoms with van der Waals surface area (Å²) in [7, 11) is 0. The summed E-state index contributed by atoms with van der Waals surface area (Å²) in [4.78, 5) is 39.1. The van der Waals surface area contributed by atoms with Gasteiger partial charge in [0.05, 0.1) is 6.42 Å². The molecule has 0 saturated carbocycles. The number of amides is 3. The molecule has 8 heteroatoms. The second kappa shape index (κ2) is 10.1. The Balaban J connectivity index is 1.52. The van der Waals surface area contributed by atoms with Gasteiger partial charge in [-0.25, -0.2) is 8.78 Å². The van der Waals surface area contributed by atoms with Crippen LogP contribution in [-0.2, 0) is 27.3 Å². The van der Waals surface area contributed by atoms with E-state index in [-0.39, 0.29) is 17.9 Å². The summed E-state index contributed by atoms with van der Waals surface area (Å²) >= 11 is 0. The number of hydrogen-bond acceptors (Lipinski definition) is 3. The number of nitrogens with zero attached hydrogens (tertiary/aromatic N) is 1. The van der Waals surface area contributed by atoms with E-state index in [1.54, 1.807) is 4.90 Å². The van der Waals surface area contributed by atoms with Gasteiger partial charge < -0.3 is 15.5 Å². The van der Waals surface area contributed by atoms with Crippen LogP contribution >= 0.6 is 0 Å². The van der Waals surface area contributed by atoms with E-state index < -0.39 is 35.5 Å². The molecule has 1 saturated heterocycles. The number of carbonyl (C=O) groups excluding carboxylic acids is 3. The number of piperidine rings is 1. The summed E-state index contributed by atoms with van der Waals surface area (Å²) in [5, 5.41) is 5.21. The van der Waals surface area contributed by atoms with Gasteiger partial charge in [0.15, 0.2) is 0 Å². The number of hydrogen-bond donors (Lipinski definition) is 2. The van der Waals surface area contributed by atoms with Crippen LogP contribution in [0.3, 0.4) is 0 Å². The van der Waals surface area contributed by atoms with Gasteiger partial charge in [-0.1, -0.05) is 30.3 Å². The lowest BCUT2D eigenvalue weighted by Gasteiger charge is -2.33. The molecule has 1 aliphatic rings. The topological polar surface area (TPSA) is 78.5 Å². The normalized spacial score (nSPS) is 17.2. The fraction of sp³-hybridized carbons (Fsp3) is 0.348. The SMILES string of the molecule is CC(NC(=O)Cc1cc(F)cc(F)c1)C(=O)NC1CCCN(Cc2ccccc2)C1=O. The maximum Gasteiger partial charge on any atom is 0.245 e. The molecular weight excluding hydrogens is 404 g/mol. The van der Waals surface area contributed by atoms with Crippen molar-refractivity contribution < 1.29 is 23.2 Å². The van der Waals surface area contributed by atoms with Crippen molar-refractivity contribution in [3.8, 4) is 0 Å². The van der Waals surface area contributed by atoms with Crippen LogP contribution in [0.2, 0.25) is 0 Å². The second-order valence-corrected chi connectivity index (χ2v) is 7.69. The van der Waals surface area contributed by atoms with E-state index >= 15 is 0 Å². The largest absolute Gasteiger partial charge is 0.344 e. The highest BCUT2D eigenvalue weighted by molar-refractivity contribution is 5.92. The first-order chi connectivity index (χ1) is 14.8. The monoisotopic (exact) mass is 429 g/mol. The van der Waals surface area contributed by atoms with E-state index in [0.29, 0.717) is 19.5 Å². The average molecular weight is 429 g/mol. The Morgan fingerprint density at radius 1 is 1.10 bits per heavy atom. The molecule has 2 atom stereocenters. The first-order valence-electron chi connectivity index (χ1n) is 10.2. The highest BCUT2D eigenvalue weighted by Crippen LogP contribution is 2.15. The molecule has 0 aliphatic carbocycles. The standard InChI is InChI=1S/C23H25F2N3O3/c1-15(26-21(29)12-17-10-18(24)13-19(25)11-17)22(30)27-20-8-5-9-28(23(20)31)14-16-6-3-2-4-7-16/h2-4,6-7,10-11,13,15,20H,5,8-9,12,14H2,1H3,(H,26,29)(H,27,30). The van der Waals surface area contributed by atoms with Gasteiger partial charge in [-0.15, -0.1) is 0 Å². The molecule has 1 aliphatic heterocycles. The second-order valence-electron chi connectivity index (χ2n) is 7.69. The molecule has 3 rings (SSSR count). The molecule has 0 bridgehead atoms. The van der Waals surface area contributed by atoms with Crippen molar-refractivity contribution in [1.29, 1.82) is 0 Å². The summed E-state index contributed by atoms with van der Waals surface area (Å²) in [6.45, 7) is 2.59. The third-order valence-electron chi connectivity index (χ3n) is 5.12. The van der Waals surface area contributed by atoms with Gasteiger partial charge in [0.25, 0.3) is 0 Å². The van der Waals surface area contributed by atoms with Crippen LogP contribution in [0.4, 0.5) is 8.78 Å². The first-order valence-corrected chi connectivity index (χ1v) is 10.2. The summed E-state index contributed by atoms with van der Waals surface area (Å²) in [5.41, 5.74) is 1.18. The summed E-state index contributed by atoms with van der Waals surface area (Å²) < 4.78 is 26.5. The van der Waals surface area contributed by atoms with Crippen molar-refractivity contribution >= 4 is 17.7 Å². The summed E-state index contributed by atoms with van der Waals surface area (Å²) in [6, 6.07) is 10.9. The zero-order chi connectivity index (χ0) is 22.4. The van der Waals surface area contributed by atoms with Crippen LogP contribution < -0.4 is 10.6 Å². The minimum atomic E-state index is -0.900. The highest BCUT2D eigenvalue weighted by Gasteiger charge is 2.31. The molecule has 0 radical (unpaired) electrons. The van der Waals surface area contributed by atoms with E-state index in [2.05, 4.69) is 10.6 Å². The maximum atomic E-state index is 13.3. The first kappa shape index (κ1) is 22.4. The zero-order valence-corrected chi connectivity index (χ0v) is 17.2. The lowest BCUT2D eigenvalue weighted by Crippen LogP contribution is -2.55. The predicted molar refractivity (Wildman–Crippen MR) is 111 cm³/mol. The van der Waals surface area contributed by atoms with Crippen molar-refractivity contribution in [1.82, 2.24) is 15.5 Å². The van der Waals surface area contributed by atoms with Gasteiger partial charge in [-0.05, 0) is 43.0 Å². The van der Waals surface area contributed by atoms with Crippen molar-refractivity contribution in [2.24, 2.45) is 0 Å². The van der Waals surface area contributed by atoms with Gasteiger partial charge in [-0.2, -0.15) is 0 Å². The Hall–Kier alpha value is -3.29. The van der Waals surface area contributed by atoms with E-state index in [9.17, 15) is 23.2 Å². The van der Waals surface area contributed by atoms with Gasteiger partial charge in [-0.3, -0.25) is 14.4 Å². The van der Waals surface area contributed by atoms with Gasteiger partial charge in [0.1, 0.15) is 23.7 Å². The third kappa shape index (κ3) is 6.34. The van der Waals surface area contributed by atoms with Crippen LogP contribution in [0, 0.1) is 11.6 Å². The number of halogens is 2. The molecule has 0 spiro atoms. The van der Waals surface area contributed by atoms with E-state index in [1.165, 1.54) is 6.92 Å². The molecule has 2 unspecified atom stereocenters. The van der Waals surface area contributed by atoms with E-state index in [4.69, 9.17) is 0 Å². The summed E-state index contributed by atoms with van der Waals surface area (Å²) in [5.74, 6) is -2.74. The van der Waals surface area contributed by atoms with Crippen LogP contribution in [0.1, 0.15) is 30.9 Å². The Morgan fingerprint density at radius 2 is 1.77 bits per heavy atom. The Morgan fingerprint density at radius 3 is 2.45 bits per heavy atom. The third-order valence-corrected chi connectivity index (χ3v) is 5.12.